The average molecular weight is 472 g/mol. The molecule has 0 aliphatic carbocycles. The minimum absolute atomic E-state index is 0.193. The van der Waals surface area contributed by atoms with Crippen LogP contribution in [0.25, 0.3) is 10.6 Å². The fraction of sp³-hybridized carbons (Fsp3) is 0.238. The molecule has 0 spiro atoms. The molecule has 2 aliphatic rings. The third-order valence-electron chi connectivity index (χ3n) is 5.17. The van der Waals surface area contributed by atoms with Gasteiger partial charge in [-0.3, -0.25) is 10.1 Å². The lowest BCUT2D eigenvalue weighted by atomic mass is 10.2. The number of ether oxygens (including phenoxy) is 2. The fourth-order valence-corrected chi connectivity index (χ4v) is 4.59. The highest BCUT2D eigenvalue weighted by Gasteiger charge is 2.34. The maximum atomic E-state index is 12.9. The van der Waals surface area contributed by atoms with E-state index < -0.39 is 6.04 Å². The maximum Gasteiger partial charge on any atom is 0.322 e. The van der Waals surface area contributed by atoms with Crippen molar-refractivity contribution >= 4 is 45.7 Å². The Bertz CT molecular complexity index is 1190. The highest BCUT2D eigenvalue weighted by molar-refractivity contribution is 7.18. The van der Waals surface area contributed by atoms with E-state index in [0.717, 1.165) is 12.0 Å². The number of rotatable bonds is 4. The number of anilines is 2. The molecule has 1 aromatic heterocycles. The summed E-state index contributed by atoms with van der Waals surface area (Å²) in [6, 6.07) is 11.4. The molecule has 3 aromatic rings. The number of fused-ring (bicyclic) bond motifs is 1. The Morgan fingerprint density at radius 3 is 2.84 bits per heavy atom. The van der Waals surface area contributed by atoms with Gasteiger partial charge in [0.1, 0.15) is 11.0 Å². The summed E-state index contributed by atoms with van der Waals surface area (Å²) in [4.78, 5) is 27.1. The lowest BCUT2D eigenvalue weighted by Crippen LogP contribution is -2.45. The lowest BCUT2D eigenvalue weighted by molar-refractivity contribution is -0.119. The van der Waals surface area contributed by atoms with E-state index >= 15 is 0 Å². The summed E-state index contributed by atoms with van der Waals surface area (Å²) < 4.78 is 10.7. The largest absolute Gasteiger partial charge is 0.454 e. The van der Waals surface area contributed by atoms with Gasteiger partial charge < -0.3 is 19.7 Å². The third kappa shape index (κ3) is 4.19. The number of likely N-dealkylation sites (tertiary alicyclic amines) is 1. The Balaban J connectivity index is 1.25. The number of nitrogens with one attached hydrogen (secondary N) is 2. The molecule has 32 heavy (non-hydrogen) atoms. The van der Waals surface area contributed by atoms with E-state index in [1.807, 2.05) is 18.2 Å². The van der Waals surface area contributed by atoms with Crippen LogP contribution in [0.4, 0.5) is 15.6 Å². The Hall–Kier alpha value is -3.37. The van der Waals surface area contributed by atoms with Crippen molar-refractivity contribution in [1.82, 2.24) is 15.1 Å². The molecule has 0 bridgehead atoms. The number of halogens is 1. The van der Waals surface area contributed by atoms with E-state index in [9.17, 15) is 9.59 Å². The molecule has 0 saturated carbocycles. The van der Waals surface area contributed by atoms with Gasteiger partial charge in [-0.15, -0.1) is 10.2 Å². The molecule has 2 aliphatic heterocycles. The van der Waals surface area contributed by atoms with Crippen LogP contribution < -0.4 is 20.1 Å². The summed E-state index contributed by atoms with van der Waals surface area (Å²) >= 11 is 7.23. The van der Waals surface area contributed by atoms with E-state index in [0.29, 0.717) is 45.3 Å². The van der Waals surface area contributed by atoms with Crippen LogP contribution in [0.1, 0.15) is 12.8 Å². The van der Waals surface area contributed by atoms with Gasteiger partial charge in [0.15, 0.2) is 11.5 Å². The second kappa shape index (κ2) is 8.64. The van der Waals surface area contributed by atoms with Crippen LogP contribution in [0.3, 0.4) is 0 Å². The van der Waals surface area contributed by atoms with Crippen molar-refractivity contribution in [3.05, 3.63) is 47.5 Å². The number of urea groups is 1. The zero-order valence-corrected chi connectivity index (χ0v) is 18.3. The Labute approximate surface area is 192 Å². The Morgan fingerprint density at radius 2 is 1.97 bits per heavy atom. The van der Waals surface area contributed by atoms with E-state index in [1.54, 1.807) is 24.3 Å². The molecular formula is C21H18ClN5O4S. The summed E-state index contributed by atoms with van der Waals surface area (Å²) in [5, 5.41) is 15.3. The van der Waals surface area contributed by atoms with Gasteiger partial charge in [-0.2, -0.15) is 0 Å². The molecule has 2 N–H and O–H groups in total. The maximum absolute atomic E-state index is 12.9. The van der Waals surface area contributed by atoms with Crippen LogP contribution in [0, 0.1) is 0 Å². The molecule has 0 unspecified atom stereocenters. The van der Waals surface area contributed by atoms with Crippen molar-refractivity contribution in [1.29, 1.82) is 0 Å². The predicted octanol–water partition coefficient (Wildman–Crippen LogP) is 4.22. The topological polar surface area (TPSA) is 106 Å². The third-order valence-corrected chi connectivity index (χ3v) is 6.29. The molecule has 0 radical (unpaired) electrons. The van der Waals surface area contributed by atoms with Crippen LogP contribution in [-0.2, 0) is 4.79 Å². The zero-order valence-electron chi connectivity index (χ0n) is 16.7. The van der Waals surface area contributed by atoms with E-state index in [1.165, 1.54) is 16.2 Å². The fourth-order valence-electron chi connectivity index (χ4n) is 3.65. The van der Waals surface area contributed by atoms with Crippen molar-refractivity contribution < 1.29 is 19.1 Å². The molecule has 3 amide bonds. The second-order valence-corrected chi connectivity index (χ2v) is 8.68. The molecule has 1 atom stereocenters. The van der Waals surface area contributed by atoms with Crippen LogP contribution >= 0.6 is 22.9 Å². The summed E-state index contributed by atoms with van der Waals surface area (Å²) in [5.74, 6) is 1.04. The van der Waals surface area contributed by atoms with Crippen molar-refractivity contribution in [2.75, 3.05) is 24.0 Å². The van der Waals surface area contributed by atoms with E-state index in [4.69, 9.17) is 21.1 Å². The molecule has 164 valence electrons. The Kier molecular flexibility index (Phi) is 5.54. The monoisotopic (exact) mass is 471 g/mol. The van der Waals surface area contributed by atoms with Gasteiger partial charge in [0, 0.05) is 22.8 Å². The van der Waals surface area contributed by atoms with Gasteiger partial charge in [-0.1, -0.05) is 29.0 Å². The standard InChI is InChI=1S/C21H18ClN5O4S/c22-13-3-1-4-14(10-13)23-21(29)27-8-2-5-15(27)18(28)24-20-26-25-19(32-20)12-6-7-16-17(9-12)31-11-30-16/h1,3-4,6-7,9-10,15H,2,5,8,11H2,(H,23,29)(H,24,26,28)/t15-/m1/s1. The number of amides is 3. The van der Waals surface area contributed by atoms with Crippen LogP contribution in [0.2, 0.25) is 5.02 Å². The van der Waals surface area contributed by atoms with Crippen LogP contribution in [0.5, 0.6) is 11.5 Å². The van der Waals surface area contributed by atoms with Gasteiger partial charge >= 0.3 is 6.03 Å². The first-order chi connectivity index (χ1) is 15.6. The molecule has 9 nitrogen and oxygen atoms in total. The highest BCUT2D eigenvalue weighted by atomic mass is 35.5. The molecule has 1 fully saturated rings. The summed E-state index contributed by atoms with van der Waals surface area (Å²) in [7, 11) is 0. The normalized spacial score (nSPS) is 16.8. The van der Waals surface area contributed by atoms with E-state index in [2.05, 4.69) is 20.8 Å². The first kappa shape index (κ1) is 20.5. The summed E-state index contributed by atoms with van der Waals surface area (Å²) in [6.45, 7) is 0.683. The lowest BCUT2D eigenvalue weighted by Gasteiger charge is -2.23. The van der Waals surface area contributed by atoms with Gasteiger partial charge in [-0.05, 0) is 49.2 Å². The highest BCUT2D eigenvalue weighted by Crippen LogP contribution is 2.37. The number of hydrogen-bond acceptors (Lipinski definition) is 7. The quantitative estimate of drug-likeness (QED) is 0.590. The minimum Gasteiger partial charge on any atom is -0.454 e. The zero-order chi connectivity index (χ0) is 22.1. The first-order valence-electron chi connectivity index (χ1n) is 9.94. The first-order valence-corrected chi connectivity index (χ1v) is 11.1. The van der Waals surface area contributed by atoms with Crippen molar-refractivity contribution in [2.45, 2.75) is 18.9 Å². The number of hydrogen-bond donors (Lipinski definition) is 2. The number of benzene rings is 2. The van der Waals surface area contributed by atoms with Crippen molar-refractivity contribution in [3.63, 3.8) is 0 Å². The molecular weight excluding hydrogens is 454 g/mol. The molecule has 3 heterocycles. The number of nitrogens with zero attached hydrogens (tertiary/aromatic N) is 3. The summed E-state index contributed by atoms with van der Waals surface area (Å²) in [5.41, 5.74) is 1.39. The minimum atomic E-state index is -0.591. The molecule has 11 heteroatoms. The SMILES string of the molecule is O=C(Nc1nnc(-c2ccc3c(c2)OCO3)s1)[C@H]1CCCN1C(=O)Nc1cccc(Cl)c1. The van der Waals surface area contributed by atoms with Crippen LogP contribution in [-0.4, -0.2) is 46.4 Å². The number of aromatic nitrogens is 2. The molecule has 1 saturated heterocycles. The average Bonchev–Trinajstić information content (AvgIpc) is 3.53. The number of carbonyl (C=O) groups is 2. The second-order valence-electron chi connectivity index (χ2n) is 7.26. The van der Waals surface area contributed by atoms with Gasteiger partial charge in [-0.25, -0.2) is 4.79 Å². The van der Waals surface area contributed by atoms with E-state index in [-0.39, 0.29) is 18.7 Å². The summed E-state index contributed by atoms with van der Waals surface area (Å²) in [6.07, 6.45) is 1.31. The molecule has 5 rings (SSSR count). The molecule has 2 aromatic carbocycles. The predicted molar refractivity (Wildman–Crippen MR) is 120 cm³/mol. The van der Waals surface area contributed by atoms with Gasteiger partial charge in [0.05, 0.1) is 0 Å². The Morgan fingerprint density at radius 1 is 1.09 bits per heavy atom. The smallest absolute Gasteiger partial charge is 0.322 e. The van der Waals surface area contributed by atoms with Crippen molar-refractivity contribution in [3.8, 4) is 22.1 Å². The van der Waals surface area contributed by atoms with Gasteiger partial charge in [0.25, 0.3) is 0 Å². The van der Waals surface area contributed by atoms with Gasteiger partial charge in [0.2, 0.25) is 17.8 Å². The number of carbonyl (C=O) groups excluding carboxylic acids is 2. The van der Waals surface area contributed by atoms with Crippen molar-refractivity contribution in [2.24, 2.45) is 0 Å². The van der Waals surface area contributed by atoms with Crippen LogP contribution in [0.15, 0.2) is 42.5 Å².